The van der Waals surface area contributed by atoms with Crippen molar-refractivity contribution in [2.75, 3.05) is 6.61 Å². The molecule has 0 unspecified atom stereocenters. The first kappa shape index (κ1) is 15.4. The Morgan fingerprint density at radius 3 is 2.53 bits per heavy atom. The smallest absolute Gasteiger partial charge is 0.341 e. The molecule has 5 nitrogen and oxygen atoms in total. The van der Waals surface area contributed by atoms with Crippen LogP contribution in [-0.2, 0) is 9.53 Å². The summed E-state index contributed by atoms with van der Waals surface area (Å²) in [5, 5.41) is 2.86. The van der Waals surface area contributed by atoms with Gasteiger partial charge in [-0.25, -0.2) is 9.59 Å². The first-order valence-electron chi connectivity index (χ1n) is 6.76. The van der Waals surface area contributed by atoms with Crippen molar-refractivity contribution in [3.63, 3.8) is 0 Å². The van der Waals surface area contributed by atoms with E-state index in [0.29, 0.717) is 5.71 Å². The van der Waals surface area contributed by atoms with Crippen LogP contribution in [0.5, 0.6) is 0 Å². The summed E-state index contributed by atoms with van der Waals surface area (Å²) in [6.45, 7) is 7.16. The number of nitrogens with zero attached hydrogens (tertiary/aromatic N) is 1. The zero-order valence-corrected chi connectivity index (χ0v) is 11.7. The quantitative estimate of drug-likeness (QED) is 0.483. The van der Waals surface area contributed by atoms with Gasteiger partial charge in [-0.15, -0.1) is 0 Å². The second kappa shape index (κ2) is 7.71. The van der Waals surface area contributed by atoms with Gasteiger partial charge in [0.15, 0.2) is 0 Å². The van der Waals surface area contributed by atoms with Crippen LogP contribution < -0.4 is 5.32 Å². The van der Waals surface area contributed by atoms with Gasteiger partial charge in [-0.1, -0.05) is 25.8 Å². The third-order valence-corrected chi connectivity index (χ3v) is 3.16. The Balaban J connectivity index is 2.50. The summed E-state index contributed by atoms with van der Waals surface area (Å²) in [6, 6.07) is -0.205. The van der Waals surface area contributed by atoms with E-state index in [4.69, 9.17) is 4.74 Å². The van der Waals surface area contributed by atoms with Gasteiger partial charge in [-0.2, -0.15) is 4.99 Å². The third kappa shape index (κ3) is 5.24. The highest BCUT2D eigenvalue weighted by Gasteiger charge is 2.16. The van der Waals surface area contributed by atoms with Crippen LogP contribution in [-0.4, -0.2) is 30.4 Å². The van der Waals surface area contributed by atoms with E-state index in [1.54, 1.807) is 13.8 Å². The molecule has 0 bridgehead atoms. The van der Waals surface area contributed by atoms with Crippen LogP contribution in [0.3, 0.4) is 0 Å². The largest absolute Gasteiger partial charge is 0.462 e. The van der Waals surface area contributed by atoms with Gasteiger partial charge in [0.25, 0.3) is 0 Å². The van der Waals surface area contributed by atoms with Gasteiger partial charge in [0.05, 0.1) is 17.9 Å². The van der Waals surface area contributed by atoms with E-state index < -0.39 is 12.0 Å². The predicted octanol–water partition coefficient (Wildman–Crippen LogP) is 2.61. The monoisotopic (exact) mass is 266 g/mol. The number of hydrogen-bond acceptors (Lipinski definition) is 3. The fourth-order valence-electron chi connectivity index (χ4n) is 2.04. The first-order chi connectivity index (χ1) is 9.04. The van der Waals surface area contributed by atoms with Crippen LogP contribution in [0.25, 0.3) is 0 Å². The number of urea groups is 1. The Labute approximate surface area is 114 Å². The number of carbonyl (C=O) groups is 2. The number of rotatable bonds is 4. The summed E-state index contributed by atoms with van der Waals surface area (Å²) in [5.74, 6) is -0.533. The lowest BCUT2D eigenvalue weighted by atomic mass is 9.96. The zero-order valence-electron chi connectivity index (χ0n) is 11.7. The van der Waals surface area contributed by atoms with Crippen LogP contribution in [0.1, 0.15) is 46.0 Å². The van der Waals surface area contributed by atoms with Crippen molar-refractivity contribution >= 4 is 17.7 Å². The Kier molecular flexibility index (Phi) is 6.25. The molecule has 0 heterocycles. The summed E-state index contributed by atoms with van der Waals surface area (Å²) in [7, 11) is 0. The van der Waals surface area contributed by atoms with Gasteiger partial charge in [-0.3, -0.25) is 0 Å². The molecule has 1 saturated carbocycles. The number of ether oxygens (including phenoxy) is 1. The fraction of sp³-hybridized carbons (Fsp3) is 0.643. The van der Waals surface area contributed by atoms with Crippen LogP contribution in [0.2, 0.25) is 0 Å². The maximum atomic E-state index is 11.7. The molecule has 1 N–H and O–H groups in total. The average Bonchev–Trinajstić information content (AvgIpc) is 2.39. The number of carbonyl (C=O) groups excluding carboxylic acids is 2. The lowest BCUT2D eigenvalue weighted by Crippen LogP contribution is -2.34. The molecule has 0 radical (unpaired) electrons. The van der Waals surface area contributed by atoms with E-state index in [-0.39, 0.29) is 18.2 Å². The number of nitrogens with one attached hydrogen (secondary N) is 1. The normalized spacial score (nSPS) is 16.8. The second-order valence-corrected chi connectivity index (χ2v) is 4.68. The molecule has 0 aliphatic heterocycles. The van der Waals surface area contributed by atoms with Crippen molar-refractivity contribution in [1.29, 1.82) is 0 Å². The molecule has 0 aromatic carbocycles. The predicted molar refractivity (Wildman–Crippen MR) is 74.3 cm³/mol. The molecule has 0 spiro atoms. The topological polar surface area (TPSA) is 67.8 Å². The van der Waals surface area contributed by atoms with Crippen LogP contribution in [0.15, 0.2) is 17.1 Å². The first-order valence-corrected chi connectivity index (χ1v) is 6.76. The maximum Gasteiger partial charge on any atom is 0.341 e. The minimum atomic E-state index is -0.533. The van der Waals surface area contributed by atoms with Crippen LogP contribution >= 0.6 is 0 Å². The standard InChI is InChI=1S/C14H22N2O3/c1-4-19-13(17)10(2)11(3)15-14(18)16-12-8-6-5-7-9-12/h12H,2,4-9H2,1,3H3,(H,16,18). The molecule has 2 amide bonds. The van der Waals surface area contributed by atoms with E-state index in [1.807, 2.05) is 0 Å². The van der Waals surface area contributed by atoms with Crippen LogP contribution in [0.4, 0.5) is 4.79 Å². The van der Waals surface area contributed by atoms with Crippen molar-refractivity contribution in [2.24, 2.45) is 4.99 Å². The van der Waals surface area contributed by atoms with Crippen molar-refractivity contribution in [2.45, 2.75) is 52.0 Å². The highest BCUT2D eigenvalue weighted by Crippen LogP contribution is 2.17. The van der Waals surface area contributed by atoms with E-state index in [2.05, 4.69) is 16.9 Å². The van der Waals surface area contributed by atoms with Gasteiger partial charge in [0, 0.05) is 6.04 Å². The summed E-state index contributed by atoms with van der Waals surface area (Å²) < 4.78 is 4.81. The molecule has 0 aromatic heterocycles. The van der Waals surface area contributed by atoms with E-state index >= 15 is 0 Å². The van der Waals surface area contributed by atoms with Crippen molar-refractivity contribution in [3.8, 4) is 0 Å². The van der Waals surface area contributed by atoms with Gasteiger partial charge < -0.3 is 10.1 Å². The summed E-state index contributed by atoms with van der Waals surface area (Å²) in [6.07, 6.45) is 5.51. The van der Waals surface area contributed by atoms with Gasteiger partial charge in [0.2, 0.25) is 0 Å². The molecule has 0 saturated heterocycles. The minimum absolute atomic E-state index is 0.126. The molecular formula is C14H22N2O3. The van der Waals surface area contributed by atoms with Gasteiger partial charge in [0.1, 0.15) is 0 Å². The third-order valence-electron chi connectivity index (χ3n) is 3.16. The lowest BCUT2D eigenvalue weighted by Gasteiger charge is -2.21. The molecule has 1 aliphatic rings. The molecule has 106 valence electrons. The molecule has 0 aromatic rings. The molecule has 1 aliphatic carbocycles. The summed E-state index contributed by atoms with van der Waals surface area (Å²) in [5.41, 5.74) is 0.424. The van der Waals surface area contributed by atoms with Crippen molar-refractivity contribution in [1.82, 2.24) is 5.32 Å². The van der Waals surface area contributed by atoms with Crippen molar-refractivity contribution < 1.29 is 14.3 Å². The van der Waals surface area contributed by atoms with Gasteiger partial charge in [-0.05, 0) is 26.7 Å². The average molecular weight is 266 g/mol. The number of esters is 1. The Hall–Kier alpha value is -1.65. The highest BCUT2D eigenvalue weighted by atomic mass is 16.5. The molecule has 1 rings (SSSR count). The molecule has 19 heavy (non-hydrogen) atoms. The maximum absolute atomic E-state index is 11.7. The number of aliphatic imine (C=N–C) groups is 1. The summed E-state index contributed by atoms with van der Waals surface area (Å²) >= 11 is 0. The number of hydrogen-bond donors (Lipinski definition) is 1. The van der Waals surface area contributed by atoms with Crippen molar-refractivity contribution in [3.05, 3.63) is 12.2 Å². The molecule has 0 atom stereocenters. The second-order valence-electron chi connectivity index (χ2n) is 4.68. The summed E-state index contributed by atoms with van der Waals surface area (Å²) in [4.78, 5) is 27.0. The Morgan fingerprint density at radius 2 is 1.95 bits per heavy atom. The van der Waals surface area contributed by atoms with Crippen LogP contribution in [0, 0.1) is 0 Å². The van der Waals surface area contributed by atoms with E-state index in [9.17, 15) is 9.59 Å². The minimum Gasteiger partial charge on any atom is -0.462 e. The molecular weight excluding hydrogens is 244 g/mol. The lowest BCUT2D eigenvalue weighted by molar-refractivity contribution is -0.137. The Bertz CT molecular complexity index is 382. The zero-order chi connectivity index (χ0) is 14.3. The molecule has 5 heteroatoms. The fourth-order valence-corrected chi connectivity index (χ4v) is 2.04. The number of amides is 2. The molecule has 1 fully saturated rings. The Morgan fingerprint density at radius 1 is 1.32 bits per heavy atom. The SMILES string of the molecule is C=C(C(=O)OCC)C(C)=NC(=O)NC1CCCCC1. The van der Waals surface area contributed by atoms with E-state index in [0.717, 1.165) is 25.7 Å². The van der Waals surface area contributed by atoms with Gasteiger partial charge >= 0.3 is 12.0 Å². The highest BCUT2D eigenvalue weighted by molar-refractivity contribution is 6.20. The van der Waals surface area contributed by atoms with E-state index in [1.165, 1.54) is 6.42 Å².